The maximum atomic E-state index is 12.2. The van der Waals surface area contributed by atoms with E-state index in [9.17, 15) is 4.79 Å². The molecule has 0 aliphatic carbocycles. The molecule has 0 spiro atoms. The fourth-order valence-corrected chi connectivity index (χ4v) is 2.26. The van der Waals surface area contributed by atoms with Crippen LogP contribution in [0.3, 0.4) is 0 Å². The minimum Gasteiger partial charge on any atom is -0.497 e. The molecule has 0 unspecified atom stereocenters. The van der Waals surface area contributed by atoms with Crippen molar-refractivity contribution >= 4 is 16.7 Å². The Hall–Kier alpha value is -2.03. The van der Waals surface area contributed by atoms with Gasteiger partial charge >= 0.3 is 0 Å². The van der Waals surface area contributed by atoms with Gasteiger partial charge in [-0.2, -0.15) is 0 Å². The lowest BCUT2D eigenvalue weighted by Gasteiger charge is -2.17. The highest BCUT2D eigenvalue weighted by Gasteiger charge is 2.16. The molecule has 112 valence electrons. The van der Waals surface area contributed by atoms with Crippen molar-refractivity contribution in [2.75, 3.05) is 7.11 Å². The maximum Gasteiger partial charge on any atom is 0.227 e. The van der Waals surface area contributed by atoms with Crippen LogP contribution in [0, 0.1) is 0 Å². The molecule has 2 aromatic rings. The van der Waals surface area contributed by atoms with Gasteiger partial charge in [-0.3, -0.25) is 4.79 Å². The van der Waals surface area contributed by atoms with Gasteiger partial charge in [0.25, 0.3) is 0 Å². The summed E-state index contributed by atoms with van der Waals surface area (Å²) in [6.45, 7) is 6.04. The number of hydrogen-bond acceptors (Lipinski definition) is 2. The molecule has 0 heterocycles. The van der Waals surface area contributed by atoms with E-state index in [1.165, 1.54) is 0 Å². The Bertz CT molecular complexity index is 636. The summed E-state index contributed by atoms with van der Waals surface area (Å²) in [4.78, 5) is 12.2. The van der Waals surface area contributed by atoms with Crippen LogP contribution in [0.1, 0.15) is 38.7 Å². The largest absolute Gasteiger partial charge is 0.497 e. The number of rotatable bonds is 5. The molecular formula is C18H23NO2. The second kappa shape index (κ2) is 6.61. The number of nitrogens with one attached hydrogen (secondary N) is 1. The van der Waals surface area contributed by atoms with Gasteiger partial charge in [-0.15, -0.1) is 0 Å². The molecule has 1 amide bonds. The van der Waals surface area contributed by atoms with Gasteiger partial charge in [-0.25, -0.2) is 0 Å². The van der Waals surface area contributed by atoms with Crippen molar-refractivity contribution in [2.45, 2.75) is 39.2 Å². The number of hydrogen-bond donors (Lipinski definition) is 1. The van der Waals surface area contributed by atoms with Crippen LogP contribution >= 0.6 is 0 Å². The molecule has 0 aromatic heterocycles. The molecule has 0 aliphatic heterocycles. The number of methoxy groups -OCH3 is 1. The molecule has 1 N–H and O–H groups in total. The van der Waals surface area contributed by atoms with Crippen LogP contribution in [0.25, 0.3) is 10.8 Å². The van der Waals surface area contributed by atoms with Crippen molar-refractivity contribution in [2.24, 2.45) is 0 Å². The van der Waals surface area contributed by atoms with E-state index in [1.54, 1.807) is 7.11 Å². The van der Waals surface area contributed by atoms with E-state index in [2.05, 4.69) is 18.3 Å². The van der Waals surface area contributed by atoms with E-state index in [0.29, 0.717) is 0 Å². The highest BCUT2D eigenvalue weighted by atomic mass is 16.5. The van der Waals surface area contributed by atoms with Gasteiger partial charge in [0.15, 0.2) is 0 Å². The van der Waals surface area contributed by atoms with Crippen LogP contribution in [-0.4, -0.2) is 19.1 Å². The Balaban J connectivity index is 2.24. The molecule has 2 atom stereocenters. The van der Waals surface area contributed by atoms with Crippen LogP contribution in [0.2, 0.25) is 0 Å². The molecule has 0 aliphatic rings. The average molecular weight is 285 g/mol. The third-order valence-electron chi connectivity index (χ3n) is 3.97. The molecule has 0 fully saturated rings. The number of carbonyl (C=O) groups excluding carboxylic acids is 1. The summed E-state index contributed by atoms with van der Waals surface area (Å²) in [6.07, 6.45) is 0.940. The first-order valence-electron chi connectivity index (χ1n) is 7.43. The summed E-state index contributed by atoms with van der Waals surface area (Å²) in [5.74, 6) is 0.778. The van der Waals surface area contributed by atoms with Crippen LogP contribution in [0.4, 0.5) is 0 Å². The highest BCUT2D eigenvalue weighted by molar-refractivity contribution is 5.88. The van der Waals surface area contributed by atoms with Crippen LogP contribution in [0.15, 0.2) is 36.4 Å². The minimum absolute atomic E-state index is 0.0808. The minimum atomic E-state index is -0.148. The molecular weight excluding hydrogens is 262 g/mol. The maximum absolute atomic E-state index is 12.2. The normalized spacial score (nSPS) is 13.7. The molecule has 0 saturated carbocycles. The topological polar surface area (TPSA) is 38.3 Å². The third-order valence-corrected chi connectivity index (χ3v) is 3.97. The van der Waals surface area contributed by atoms with Crippen molar-refractivity contribution in [1.29, 1.82) is 0 Å². The molecule has 2 rings (SSSR count). The number of carbonyl (C=O) groups is 1. The van der Waals surface area contributed by atoms with Gasteiger partial charge in [-0.1, -0.05) is 31.2 Å². The fraction of sp³-hybridized carbons (Fsp3) is 0.389. The fourth-order valence-electron chi connectivity index (χ4n) is 2.26. The lowest BCUT2D eigenvalue weighted by atomic mass is 9.96. The molecule has 21 heavy (non-hydrogen) atoms. The van der Waals surface area contributed by atoms with Gasteiger partial charge in [0.05, 0.1) is 13.0 Å². The zero-order chi connectivity index (χ0) is 15.4. The van der Waals surface area contributed by atoms with Gasteiger partial charge in [0.1, 0.15) is 5.75 Å². The third kappa shape index (κ3) is 3.54. The summed E-state index contributed by atoms with van der Waals surface area (Å²) >= 11 is 0. The highest BCUT2D eigenvalue weighted by Crippen LogP contribution is 2.25. The van der Waals surface area contributed by atoms with Crippen molar-refractivity contribution in [3.63, 3.8) is 0 Å². The Labute approximate surface area is 126 Å². The molecule has 0 bridgehead atoms. The summed E-state index contributed by atoms with van der Waals surface area (Å²) in [5.41, 5.74) is 1.04. The van der Waals surface area contributed by atoms with Gasteiger partial charge in [-0.05, 0) is 48.7 Å². The second-order valence-electron chi connectivity index (χ2n) is 5.51. The van der Waals surface area contributed by atoms with Gasteiger partial charge < -0.3 is 10.1 Å². The van der Waals surface area contributed by atoms with E-state index in [0.717, 1.165) is 28.5 Å². The Morgan fingerprint density at radius 2 is 1.81 bits per heavy atom. The number of amides is 1. The summed E-state index contributed by atoms with van der Waals surface area (Å²) < 4.78 is 5.23. The van der Waals surface area contributed by atoms with E-state index in [4.69, 9.17) is 4.74 Å². The van der Waals surface area contributed by atoms with Crippen molar-refractivity contribution in [3.8, 4) is 5.75 Å². The summed E-state index contributed by atoms with van der Waals surface area (Å²) in [6, 6.07) is 12.3. The van der Waals surface area contributed by atoms with Crippen molar-refractivity contribution < 1.29 is 9.53 Å². The van der Waals surface area contributed by atoms with E-state index < -0.39 is 0 Å². The first kappa shape index (κ1) is 15.4. The molecule has 3 heteroatoms. The Kier molecular flexibility index (Phi) is 4.84. The van der Waals surface area contributed by atoms with E-state index in [1.807, 2.05) is 44.2 Å². The number of benzene rings is 2. The predicted octanol–water partition coefficient (Wildman–Crippen LogP) is 3.87. The zero-order valence-electron chi connectivity index (χ0n) is 13.1. The lowest BCUT2D eigenvalue weighted by molar-refractivity contribution is -0.122. The smallest absolute Gasteiger partial charge is 0.227 e. The first-order chi connectivity index (χ1) is 10.0. The second-order valence-corrected chi connectivity index (χ2v) is 5.51. The molecule has 0 saturated heterocycles. The molecule has 0 radical (unpaired) electrons. The molecule has 3 nitrogen and oxygen atoms in total. The van der Waals surface area contributed by atoms with Crippen LogP contribution in [-0.2, 0) is 4.79 Å². The Morgan fingerprint density at radius 1 is 1.14 bits per heavy atom. The lowest BCUT2D eigenvalue weighted by Crippen LogP contribution is -2.35. The van der Waals surface area contributed by atoms with Gasteiger partial charge in [0, 0.05) is 6.04 Å². The van der Waals surface area contributed by atoms with Crippen LogP contribution < -0.4 is 10.1 Å². The van der Waals surface area contributed by atoms with E-state index in [-0.39, 0.29) is 17.9 Å². The van der Waals surface area contributed by atoms with Crippen molar-refractivity contribution in [3.05, 3.63) is 42.0 Å². The standard InChI is InChI=1S/C18H23NO2/c1-5-12(2)19-18(20)13(3)14-6-7-16-11-17(21-4)9-8-15(16)10-14/h6-13H,5H2,1-4H3,(H,19,20)/t12-,13-/m0/s1. The summed E-state index contributed by atoms with van der Waals surface area (Å²) in [7, 11) is 1.66. The Morgan fingerprint density at radius 3 is 2.48 bits per heavy atom. The first-order valence-corrected chi connectivity index (χ1v) is 7.43. The monoisotopic (exact) mass is 285 g/mol. The molecule has 2 aromatic carbocycles. The van der Waals surface area contributed by atoms with Gasteiger partial charge in [0.2, 0.25) is 5.91 Å². The number of ether oxygens (including phenoxy) is 1. The van der Waals surface area contributed by atoms with E-state index >= 15 is 0 Å². The average Bonchev–Trinajstić information content (AvgIpc) is 2.52. The number of fused-ring (bicyclic) bond motifs is 1. The van der Waals surface area contributed by atoms with Crippen molar-refractivity contribution in [1.82, 2.24) is 5.32 Å². The quantitative estimate of drug-likeness (QED) is 0.905. The van der Waals surface area contributed by atoms with Crippen LogP contribution in [0.5, 0.6) is 5.75 Å². The summed E-state index contributed by atoms with van der Waals surface area (Å²) in [5, 5.41) is 5.28. The zero-order valence-corrected chi connectivity index (χ0v) is 13.1. The SMILES string of the molecule is CC[C@H](C)NC(=O)[C@@H](C)c1ccc2cc(OC)ccc2c1. The predicted molar refractivity (Wildman–Crippen MR) is 86.8 cm³/mol.